The molecule has 0 bridgehead atoms. The molecule has 0 rings (SSSR count). The zero-order valence-electron chi connectivity index (χ0n) is 14.1. The molecule has 0 aliphatic heterocycles. The molecular weight excluding hydrogens is 404 g/mol. The molecular formula is C13H22N4O8S2. The molecule has 0 aromatic heterocycles. The predicted molar refractivity (Wildman–Crippen MR) is 97.9 cm³/mol. The fraction of sp³-hybridized carbons (Fsp3) is 0.615. The Morgan fingerprint density at radius 1 is 0.963 bits per heavy atom. The van der Waals surface area contributed by atoms with Crippen molar-refractivity contribution in [1.82, 2.24) is 10.6 Å². The second kappa shape index (κ2) is 13.2. The van der Waals surface area contributed by atoms with Gasteiger partial charge in [-0.15, -0.1) is 23.5 Å². The fourth-order valence-corrected chi connectivity index (χ4v) is 3.59. The van der Waals surface area contributed by atoms with Gasteiger partial charge < -0.3 is 37.4 Å². The number of hydrogen-bond donors (Lipinski definition) is 7. The van der Waals surface area contributed by atoms with E-state index in [9.17, 15) is 24.0 Å². The first-order chi connectivity index (χ1) is 12.5. The van der Waals surface area contributed by atoms with Crippen LogP contribution in [0.15, 0.2) is 0 Å². The molecule has 0 fully saturated rings. The van der Waals surface area contributed by atoms with Crippen LogP contribution in [0.4, 0.5) is 0 Å². The summed E-state index contributed by atoms with van der Waals surface area (Å²) in [5.41, 5.74) is 10.6. The average Bonchev–Trinajstić information content (AvgIpc) is 2.59. The van der Waals surface area contributed by atoms with Gasteiger partial charge in [-0.2, -0.15) is 0 Å². The van der Waals surface area contributed by atoms with E-state index < -0.39 is 53.7 Å². The summed E-state index contributed by atoms with van der Waals surface area (Å²) >= 11 is 2.05. The molecule has 0 spiro atoms. The summed E-state index contributed by atoms with van der Waals surface area (Å²) in [7, 11) is 0. The second-order valence-corrected chi connectivity index (χ2v) is 7.63. The standard InChI is InChI=1S/C13H22N4O8S2/c14-6(12(22)23)1-2-8(18)17-11(10(21)16-3-9(19)20)27-5-26-4-7(15)13(24)25/h6-7,11H,1-5,14-15H2,(H,16,21)(H,17,18)(H,19,20)(H,22,23)(H,24,25)/t6-,7-,11+/m0/s1. The number of amides is 2. The Labute approximate surface area is 162 Å². The number of carbonyl (C=O) groups is 5. The quantitative estimate of drug-likeness (QED) is 0.115. The van der Waals surface area contributed by atoms with Gasteiger partial charge in [-0.25, -0.2) is 0 Å². The summed E-state index contributed by atoms with van der Waals surface area (Å²) in [5.74, 6) is -5.03. The Hall–Kier alpha value is -2.03. The molecule has 0 radical (unpaired) electrons. The monoisotopic (exact) mass is 426 g/mol. The summed E-state index contributed by atoms with van der Waals surface area (Å²) in [6, 6.07) is -2.31. The van der Waals surface area contributed by atoms with Gasteiger partial charge in [0.15, 0.2) is 5.37 Å². The van der Waals surface area contributed by atoms with Crippen LogP contribution < -0.4 is 22.1 Å². The van der Waals surface area contributed by atoms with Crippen LogP contribution in [-0.4, -0.2) is 79.9 Å². The zero-order valence-corrected chi connectivity index (χ0v) is 15.8. The van der Waals surface area contributed by atoms with Crippen molar-refractivity contribution in [2.45, 2.75) is 30.3 Å². The lowest BCUT2D eigenvalue weighted by atomic mass is 10.1. The summed E-state index contributed by atoms with van der Waals surface area (Å²) in [4.78, 5) is 55.7. The minimum atomic E-state index is -1.27. The van der Waals surface area contributed by atoms with Crippen LogP contribution in [-0.2, 0) is 24.0 Å². The molecule has 0 aliphatic rings. The van der Waals surface area contributed by atoms with Crippen molar-refractivity contribution in [2.75, 3.05) is 17.4 Å². The van der Waals surface area contributed by atoms with Crippen LogP contribution in [0.3, 0.4) is 0 Å². The number of aliphatic carboxylic acids is 3. The van der Waals surface area contributed by atoms with E-state index >= 15 is 0 Å². The number of rotatable bonds is 14. The highest BCUT2D eigenvalue weighted by molar-refractivity contribution is 8.16. The van der Waals surface area contributed by atoms with Crippen molar-refractivity contribution in [3.63, 3.8) is 0 Å². The van der Waals surface area contributed by atoms with Gasteiger partial charge in [0.1, 0.15) is 18.6 Å². The molecule has 14 heteroatoms. The van der Waals surface area contributed by atoms with E-state index in [1.54, 1.807) is 0 Å². The predicted octanol–water partition coefficient (Wildman–Crippen LogP) is -2.34. The van der Waals surface area contributed by atoms with Crippen molar-refractivity contribution in [3.05, 3.63) is 0 Å². The SMILES string of the molecule is N[C@@H](CCC(=O)N[C@H](SCSC[C@H](N)C(=O)O)C(=O)NCC(=O)O)C(=O)O. The Morgan fingerprint density at radius 3 is 2.07 bits per heavy atom. The molecule has 0 saturated heterocycles. The van der Waals surface area contributed by atoms with E-state index in [2.05, 4.69) is 10.6 Å². The molecule has 0 heterocycles. The molecule has 0 saturated carbocycles. The maximum atomic E-state index is 12.0. The lowest BCUT2D eigenvalue weighted by Crippen LogP contribution is -2.46. The first-order valence-electron chi connectivity index (χ1n) is 7.49. The summed E-state index contributed by atoms with van der Waals surface area (Å²) < 4.78 is 0. The topological polar surface area (TPSA) is 222 Å². The largest absolute Gasteiger partial charge is 0.480 e. The molecule has 3 atom stereocenters. The molecule has 0 unspecified atom stereocenters. The molecule has 12 nitrogen and oxygen atoms in total. The van der Waals surface area contributed by atoms with Gasteiger partial charge in [0.2, 0.25) is 5.91 Å². The minimum absolute atomic E-state index is 0.0766. The van der Waals surface area contributed by atoms with Crippen LogP contribution >= 0.6 is 23.5 Å². The number of carboxylic acid groups (broad SMARTS) is 3. The number of hydrogen-bond acceptors (Lipinski definition) is 9. The molecule has 154 valence electrons. The first-order valence-corrected chi connectivity index (χ1v) is 9.70. The summed E-state index contributed by atoms with van der Waals surface area (Å²) in [6.45, 7) is -0.646. The highest BCUT2D eigenvalue weighted by Gasteiger charge is 2.23. The van der Waals surface area contributed by atoms with Crippen LogP contribution in [0, 0.1) is 0 Å². The number of carbonyl (C=O) groups excluding carboxylic acids is 2. The zero-order chi connectivity index (χ0) is 21.0. The van der Waals surface area contributed by atoms with E-state index in [1.165, 1.54) is 0 Å². The van der Waals surface area contributed by atoms with Crippen molar-refractivity contribution in [3.8, 4) is 0 Å². The minimum Gasteiger partial charge on any atom is -0.480 e. The molecule has 27 heavy (non-hydrogen) atoms. The molecule has 0 aromatic rings. The van der Waals surface area contributed by atoms with Crippen molar-refractivity contribution in [1.29, 1.82) is 0 Å². The second-order valence-electron chi connectivity index (χ2n) is 5.14. The van der Waals surface area contributed by atoms with Gasteiger partial charge >= 0.3 is 17.9 Å². The maximum Gasteiger partial charge on any atom is 0.322 e. The van der Waals surface area contributed by atoms with Crippen LogP contribution in [0.5, 0.6) is 0 Å². The Kier molecular flexibility index (Phi) is 12.2. The van der Waals surface area contributed by atoms with Crippen molar-refractivity contribution < 1.29 is 39.3 Å². The van der Waals surface area contributed by atoms with Gasteiger partial charge in [-0.1, -0.05) is 0 Å². The summed E-state index contributed by atoms with van der Waals surface area (Å²) in [6.07, 6.45) is -0.384. The van der Waals surface area contributed by atoms with Crippen LogP contribution in [0.2, 0.25) is 0 Å². The third kappa shape index (κ3) is 12.1. The molecule has 0 aliphatic carbocycles. The Morgan fingerprint density at radius 2 is 1.56 bits per heavy atom. The third-order valence-corrected chi connectivity index (χ3v) is 5.35. The summed E-state index contributed by atoms with van der Waals surface area (Å²) in [5, 5.41) is 29.5. The molecule has 9 N–H and O–H groups in total. The highest BCUT2D eigenvalue weighted by atomic mass is 32.2. The van der Waals surface area contributed by atoms with Gasteiger partial charge in [0.05, 0.1) is 0 Å². The molecule has 0 aromatic carbocycles. The number of thioether (sulfide) groups is 2. The lowest BCUT2D eigenvalue weighted by molar-refractivity contribution is -0.139. The van der Waals surface area contributed by atoms with Crippen LogP contribution in [0.1, 0.15) is 12.8 Å². The smallest absolute Gasteiger partial charge is 0.322 e. The number of nitrogens with two attached hydrogens (primary N) is 2. The normalized spacial score (nSPS) is 13.9. The van der Waals surface area contributed by atoms with E-state index in [0.29, 0.717) is 0 Å². The van der Waals surface area contributed by atoms with Gasteiger partial charge in [-0.3, -0.25) is 24.0 Å². The van der Waals surface area contributed by atoms with E-state index in [0.717, 1.165) is 23.5 Å². The Bertz CT molecular complexity index is 562. The van der Waals surface area contributed by atoms with Gasteiger partial charge in [0, 0.05) is 17.3 Å². The number of carboxylic acids is 3. The van der Waals surface area contributed by atoms with Crippen LogP contribution in [0.25, 0.3) is 0 Å². The van der Waals surface area contributed by atoms with Crippen molar-refractivity contribution >= 4 is 53.2 Å². The van der Waals surface area contributed by atoms with E-state index in [4.69, 9.17) is 26.8 Å². The number of nitrogens with one attached hydrogen (secondary N) is 2. The lowest BCUT2D eigenvalue weighted by Gasteiger charge is -2.18. The van der Waals surface area contributed by atoms with E-state index in [-0.39, 0.29) is 23.7 Å². The van der Waals surface area contributed by atoms with E-state index in [1.807, 2.05) is 0 Å². The fourth-order valence-electron chi connectivity index (χ4n) is 1.43. The highest BCUT2D eigenvalue weighted by Crippen LogP contribution is 2.17. The van der Waals surface area contributed by atoms with Gasteiger partial charge in [-0.05, 0) is 6.42 Å². The maximum absolute atomic E-state index is 12.0. The van der Waals surface area contributed by atoms with Crippen molar-refractivity contribution in [2.24, 2.45) is 11.5 Å². The molecule has 2 amide bonds. The average molecular weight is 426 g/mol. The first kappa shape index (κ1) is 25.0. The van der Waals surface area contributed by atoms with Gasteiger partial charge in [0.25, 0.3) is 5.91 Å². The Balaban J connectivity index is 4.61. The third-order valence-electron chi connectivity index (χ3n) is 2.88.